The predicted molar refractivity (Wildman–Crippen MR) is 77.0 cm³/mol. The highest BCUT2D eigenvalue weighted by Gasteiger charge is 1.98. The van der Waals surface area contributed by atoms with Crippen molar-refractivity contribution in [3.63, 3.8) is 0 Å². The number of halogens is 1. The zero-order valence-electron chi connectivity index (χ0n) is 8.85. The van der Waals surface area contributed by atoms with Crippen molar-refractivity contribution in [1.82, 2.24) is 9.97 Å². The van der Waals surface area contributed by atoms with Gasteiger partial charge in [0.15, 0.2) is 0 Å². The molecular formula is C13H9BrN2S. The van der Waals surface area contributed by atoms with E-state index in [1.807, 2.05) is 36.4 Å². The highest BCUT2D eigenvalue weighted by atomic mass is 79.9. The number of aromatic nitrogens is 2. The van der Waals surface area contributed by atoms with Gasteiger partial charge in [-0.1, -0.05) is 12.1 Å². The van der Waals surface area contributed by atoms with Gasteiger partial charge >= 0.3 is 0 Å². The average molecular weight is 305 g/mol. The smallest absolute Gasteiger partial charge is 0.131 e. The molecule has 2 aromatic heterocycles. The molecule has 3 aromatic rings. The van der Waals surface area contributed by atoms with Gasteiger partial charge in [-0.3, -0.25) is 0 Å². The van der Waals surface area contributed by atoms with Gasteiger partial charge in [-0.15, -0.1) is 11.3 Å². The lowest BCUT2D eigenvalue weighted by Crippen LogP contribution is -1.72. The summed E-state index contributed by atoms with van der Waals surface area (Å²) >= 11 is 5.15. The monoisotopic (exact) mass is 304 g/mol. The molecule has 4 heteroatoms. The molecule has 2 nitrogen and oxygen atoms in total. The van der Waals surface area contributed by atoms with Crippen LogP contribution in [0.1, 0.15) is 10.7 Å². The van der Waals surface area contributed by atoms with Crippen LogP contribution in [0.4, 0.5) is 0 Å². The third kappa shape index (κ3) is 2.33. The molecule has 0 amide bonds. The fraction of sp³-hybridized carbons (Fsp3) is 0. The molecule has 0 saturated carbocycles. The summed E-state index contributed by atoms with van der Waals surface area (Å²) in [5.41, 5.74) is 2.07. The molecule has 0 saturated heterocycles. The standard InChI is InChI=1S/C13H9BrN2S/c14-12-7-5-9(17-12)6-8-13-15-10-3-1-2-4-11(10)16-13/h1-8H,(H,15,16)/b8-6+. The second-order valence-corrected chi connectivity index (χ2v) is 6.11. The number of rotatable bonds is 2. The van der Waals surface area contributed by atoms with Gasteiger partial charge in [-0.2, -0.15) is 0 Å². The maximum absolute atomic E-state index is 4.49. The zero-order chi connectivity index (χ0) is 11.7. The Bertz CT molecular complexity index is 648. The summed E-state index contributed by atoms with van der Waals surface area (Å²) in [7, 11) is 0. The number of nitrogens with zero attached hydrogens (tertiary/aromatic N) is 1. The van der Waals surface area contributed by atoms with Gasteiger partial charge in [0.05, 0.1) is 14.8 Å². The normalized spacial score (nSPS) is 11.6. The third-order valence-corrected chi connectivity index (χ3v) is 4.00. The molecule has 1 aromatic carbocycles. The van der Waals surface area contributed by atoms with Crippen molar-refractivity contribution in [3.8, 4) is 0 Å². The van der Waals surface area contributed by atoms with Crippen LogP contribution in [0.2, 0.25) is 0 Å². The number of nitrogens with one attached hydrogen (secondary N) is 1. The van der Waals surface area contributed by atoms with Crippen LogP contribution in [0.25, 0.3) is 23.2 Å². The summed E-state index contributed by atoms with van der Waals surface area (Å²) < 4.78 is 1.14. The Morgan fingerprint density at radius 2 is 2.00 bits per heavy atom. The molecule has 84 valence electrons. The SMILES string of the molecule is Brc1ccc(/C=C/c2nc3ccccc3[nH]2)s1. The first-order chi connectivity index (χ1) is 8.31. The number of thiophene rings is 1. The molecule has 2 heterocycles. The van der Waals surface area contributed by atoms with Gasteiger partial charge < -0.3 is 4.98 Å². The van der Waals surface area contributed by atoms with Crippen molar-refractivity contribution in [3.05, 3.63) is 50.9 Å². The molecular weight excluding hydrogens is 296 g/mol. The van der Waals surface area contributed by atoms with Gasteiger partial charge in [-0.25, -0.2) is 4.98 Å². The Labute approximate surface area is 111 Å². The second-order valence-electron chi connectivity index (χ2n) is 3.61. The molecule has 0 aliphatic heterocycles. The minimum atomic E-state index is 0.885. The van der Waals surface area contributed by atoms with Crippen molar-refractivity contribution >= 4 is 50.5 Å². The molecule has 17 heavy (non-hydrogen) atoms. The van der Waals surface area contributed by atoms with E-state index in [0.717, 1.165) is 20.6 Å². The Morgan fingerprint density at radius 1 is 1.12 bits per heavy atom. The number of benzene rings is 1. The van der Waals surface area contributed by atoms with Crippen molar-refractivity contribution in [1.29, 1.82) is 0 Å². The molecule has 1 N–H and O–H groups in total. The summed E-state index contributed by atoms with van der Waals surface area (Å²) in [5.74, 6) is 0.885. The van der Waals surface area contributed by atoms with Crippen LogP contribution >= 0.6 is 27.3 Å². The molecule has 3 rings (SSSR count). The summed E-state index contributed by atoms with van der Waals surface area (Å²) in [6.45, 7) is 0. The second kappa shape index (κ2) is 4.47. The number of para-hydroxylation sites is 2. The van der Waals surface area contributed by atoms with Gasteiger partial charge in [0, 0.05) is 4.88 Å². The van der Waals surface area contributed by atoms with Crippen LogP contribution < -0.4 is 0 Å². The number of aromatic amines is 1. The van der Waals surface area contributed by atoms with E-state index in [0.29, 0.717) is 0 Å². The van der Waals surface area contributed by atoms with E-state index in [1.165, 1.54) is 4.88 Å². The Morgan fingerprint density at radius 3 is 2.76 bits per heavy atom. The van der Waals surface area contributed by atoms with Crippen molar-refractivity contribution in [2.45, 2.75) is 0 Å². The largest absolute Gasteiger partial charge is 0.338 e. The van der Waals surface area contributed by atoms with Crippen LogP contribution in [0.15, 0.2) is 40.2 Å². The van der Waals surface area contributed by atoms with Crippen LogP contribution in [0.3, 0.4) is 0 Å². The van der Waals surface area contributed by atoms with Crippen molar-refractivity contribution in [2.75, 3.05) is 0 Å². The molecule has 0 aliphatic carbocycles. The van der Waals surface area contributed by atoms with E-state index >= 15 is 0 Å². The molecule has 0 aliphatic rings. The van der Waals surface area contributed by atoms with E-state index in [4.69, 9.17) is 0 Å². The first kappa shape index (κ1) is 10.7. The van der Waals surface area contributed by atoms with Crippen LogP contribution in [0, 0.1) is 0 Å². The first-order valence-corrected chi connectivity index (χ1v) is 6.80. The molecule has 0 atom stereocenters. The predicted octanol–water partition coefficient (Wildman–Crippen LogP) is 4.56. The molecule has 0 unspecified atom stereocenters. The van der Waals surface area contributed by atoms with E-state index in [1.54, 1.807) is 11.3 Å². The zero-order valence-corrected chi connectivity index (χ0v) is 11.3. The number of H-pyrrole nitrogens is 1. The van der Waals surface area contributed by atoms with Gasteiger partial charge in [0.1, 0.15) is 5.82 Å². The molecule has 0 spiro atoms. The summed E-state index contributed by atoms with van der Waals surface area (Å²) in [4.78, 5) is 8.96. The lowest BCUT2D eigenvalue weighted by molar-refractivity contribution is 1.30. The summed E-state index contributed by atoms with van der Waals surface area (Å²) in [5, 5.41) is 0. The third-order valence-electron chi connectivity index (χ3n) is 2.41. The number of imidazole rings is 1. The highest BCUT2D eigenvalue weighted by Crippen LogP contribution is 2.23. The number of hydrogen-bond donors (Lipinski definition) is 1. The minimum absolute atomic E-state index is 0.885. The Kier molecular flexibility index (Phi) is 2.82. The van der Waals surface area contributed by atoms with Gasteiger partial charge in [0.25, 0.3) is 0 Å². The first-order valence-electron chi connectivity index (χ1n) is 5.19. The van der Waals surface area contributed by atoms with E-state index in [2.05, 4.69) is 38.0 Å². The van der Waals surface area contributed by atoms with Gasteiger partial charge in [-0.05, 0) is 52.3 Å². The van der Waals surface area contributed by atoms with Crippen LogP contribution in [-0.2, 0) is 0 Å². The maximum Gasteiger partial charge on any atom is 0.131 e. The van der Waals surface area contributed by atoms with Crippen LogP contribution in [-0.4, -0.2) is 9.97 Å². The average Bonchev–Trinajstić information content (AvgIpc) is 2.91. The summed E-state index contributed by atoms with van der Waals surface area (Å²) in [6.07, 6.45) is 4.06. The van der Waals surface area contributed by atoms with Crippen LogP contribution in [0.5, 0.6) is 0 Å². The quantitative estimate of drug-likeness (QED) is 0.739. The topological polar surface area (TPSA) is 28.7 Å². The highest BCUT2D eigenvalue weighted by molar-refractivity contribution is 9.11. The Hall–Kier alpha value is -1.39. The number of hydrogen-bond acceptors (Lipinski definition) is 2. The lowest BCUT2D eigenvalue weighted by atomic mass is 10.3. The summed E-state index contributed by atoms with van der Waals surface area (Å²) in [6, 6.07) is 12.2. The minimum Gasteiger partial charge on any atom is -0.338 e. The fourth-order valence-electron chi connectivity index (χ4n) is 1.63. The van der Waals surface area contributed by atoms with Crippen molar-refractivity contribution in [2.24, 2.45) is 0 Å². The van der Waals surface area contributed by atoms with E-state index < -0.39 is 0 Å². The lowest BCUT2D eigenvalue weighted by Gasteiger charge is -1.83. The van der Waals surface area contributed by atoms with Gasteiger partial charge in [0.2, 0.25) is 0 Å². The van der Waals surface area contributed by atoms with E-state index in [9.17, 15) is 0 Å². The van der Waals surface area contributed by atoms with Crippen molar-refractivity contribution < 1.29 is 0 Å². The maximum atomic E-state index is 4.49. The fourth-order valence-corrected chi connectivity index (χ4v) is 2.96. The molecule has 0 fully saturated rings. The molecule has 0 radical (unpaired) electrons. The number of fused-ring (bicyclic) bond motifs is 1. The molecule has 0 bridgehead atoms. The van der Waals surface area contributed by atoms with E-state index in [-0.39, 0.29) is 0 Å². The Balaban J connectivity index is 1.92.